The summed E-state index contributed by atoms with van der Waals surface area (Å²) in [4.78, 5) is 37.2. The fourth-order valence-corrected chi connectivity index (χ4v) is 4.31. The molecule has 180 valence electrons. The molecule has 0 fully saturated rings. The van der Waals surface area contributed by atoms with Gasteiger partial charge in [0.25, 0.3) is 5.91 Å². The predicted molar refractivity (Wildman–Crippen MR) is 129 cm³/mol. The van der Waals surface area contributed by atoms with Crippen LogP contribution in [0, 0.1) is 5.82 Å². The van der Waals surface area contributed by atoms with Crippen LogP contribution >= 0.6 is 0 Å². The van der Waals surface area contributed by atoms with E-state index in [1.807, 2.05) is 48.5 Å². The number of hydrogen-bond donors (Lipinski definition) is 2. The first kappa shape index (κ1) is 23.9. The molecule has 0 atom stereocenters. The Bertz CT molecular complexity index is 1240. The van der Waals surface area contributed by atoms with Crippen molar-refractivity contribution < 1.29 is 28.6 Å². The Labute approximate surface area is 202 Å². The standard InChI is InChI=1S/C27H25FN2O5/c1-16(2)30(14-25(31)32)26(33)22-12-11-17(13-24(22)28)29-27(34)35-15-23-20-9-5-3-7-18(20)19-8-4-6-10-21(19)23/h3-13,16,23H,14-15H2,1-2H3,(H,29,34)(H,31,32). The number of fused-ring (bicyclic) bond motifs is 3. The molecular weight excluding hydrogens is 451 g/mol. The number of carboxylic acids is 1. The Morgan fingerprint density at radius 2 is 1.60 bits per heavy atom. The van der Waals surface area contributed by atoms with Gasteiger partial charge in [-0.2, -0.15) is 0 Å². The molecule has 35 heavy (non-hydrogen) atoms. The van der Waals surface area contributed by atoms with E-state index in [4.69, 9.17) is 9.84 Å². The van der Waals surface area contributed by atoms with Gasteiger partial charge in [-0.1, -0.05) is 48.5 Å². The van der Waals surface area contributed by atoms with Crippen LogP contribution in [0.4, 0.5) is 14.9 Å². The number of carboxylic acid groups (broad SMARTS) is 1. The Hall–Kier alpha value is -4.20. The molecule has 0 aromatic heterocycles. The van der Waals surface area contributed by atoms with Crippen molar-refractivity contribution in [2.24, 2.45) is 0 Å². The molecule has 0 bridgehead atoms. The monoisotopic (exact) mass is 476 g/mol. The van der Waals surface area contributed by atoms with Gasteiger partial charge in [-0.05, 0) is 54.3 Å². The van der Waals surface area contributed by atoms with Gasteiger partial charge in [0, 0.05) is 17.6 Å². The summed E-state index contributed by atoms with van der Waals surface area (Å²) in [5, 5.41) is 11.5. The number of nitrogens with zero attached hydrogens (tertiary/aromatic N) is 1. The number of anilines is 1. The second-order valence-corrected chi connectivity index (χ2v) is 8.57. The Morgan fingerprint density at radius 3 is 2.14 bits per heavy atom. The van der Waals surface area contributed by atoms with E-state index >= 15 is 0 Å². The molecule has 3 aromatic carbocycles. The summed E-state index contributed by atoms with van der Waals surface area (Å²) in [6.45, 7) is 2.85. The van der Waals surface area contributed by atoms with Crippen molar-refractivity contribution in [1.29, 1.82) is 0 Å². The Kier molecular flexibility index (Phi) is 6.82. The zero-order valence-electron chi connectivity index (χ0n) is 19.3. The van der Waals surface area contributed by atoms with E-state index < -0.39 is 36.4 Å². The molecule has 1 aliphatic rings. The number of aliphatic carboxylic acids is 1. The first-order chi connectivity index (χ1) is 16.8. The third-order valence-electron chi connectivity index (χ3n) is 5.98. The van der Waals surface area contributed by atoms with Crippen LogP contribution in [0.3, 0.4) is 0 Å². The third kappa shape index (κ3) is 5.01. The molecule has 0 saturated carbocycles. The molecule has 2 amide bonds. The summed E-state index contributed by atoms with van der Waals surface area (Å²) in [6.07, 6.45) is -0.750. The molecule has 4 rings (SSSR count). The van der Waals surface area contributed by atoms with E-state index in [2.05, 4.69) is 5.32 Å². The average molecular weight is 477 g/mol. The summed E-state index contributed by atoms with van der Waals surface area (Å²) in [5.41, 5.74) is 4.21. The number of ether oxygens (including phenoxy) is 1. The lowest BCUT2D eigenvalue weighted by molar-refractivity contribution is -0.138. The van der Waals surface area contributed by atoms with Gasteiger partial charge >= 0.3 is 12.1 Å². The number of hydrogen-bond acceptors (Lipinski definition) is 4. The lowest BCUT2D eigenvalue weighted by Crippen LogP contribution is -2.41. The van der Waals surface area contributed by atoms with Crippen molar-refractivity contribution in [2.45, 2.75) is 25.8 Å². The lowest BCUT2D eigenvalue weighted by atomic mass is 9.98. The molecular formula is C27H25FN2O5. The molecule has 0 heterocycles. The number of halogens is 1. The molecule has 7 nitrogen and oxygen atoms in total. The van der Waals surface area contributed by atoms with Gasteiger partial charge in [-0.25, -0.2) is 9.18 Å². The highest BCUT2D eigenvalue weighted by Gasteiger charge is 2.29. The minimum Gasteiger partial charge on any atom is -0.480 e. The molecule has 0 unspecified atom stereocenters. The maximum Gasteiger partial charge on any atom is 0.411 e. The van der Waals surface area contributed by atoms with E-state index in [-0.39, 0.29) is 23.8 Å². The highest BCUT2D eigenvalue weighted by molar-refractivity contribution is 5.97. The summed E-state index contributed by atoms with van der Waals surface area (Å²) >= 11 is 0. The minimum absolute atomic E-state index is 0.109. The second kappa shape index (κ2) is 9.97. The van der Waals surface area contributed by atoms with E-state index in [1.54, 1.807) is 13.8 Å². The molecule has 0 spiro atoms. The quantitative estimate of drug-likeness (QED) is 0.493. The van der Waals surface area contributed by atoms with Gasteiger partial charge in [-0.3, -0.25) is 14.9 Å². The number of benzene rings is 3. The van der Waals surface area contributed by atoms with Crippen LogP contribution in [0.1, 0.15) is 41.3 Å². The smallest absolute Gasteiger partial charge is 0.411 e. The molecule has 0 aliphatic heterocycles. The molecule has 8 heteroatoms. The van der Waals surface area contributed by atoms with Gasteiger partial charge < -0.3 is 14.7 Å². The highest BCUT2D eigenvalue weighted by Crippen LogP contribution is 2.44. The molecule has 0 radical (unpaired) electrons. The van der Waals surface area contributed by atoms with E-state index in [1.165, 1.54) is 12.1 Å². The van der Waals surface area contributed by atoms with E-state index in [0.29, 0.717) is 0 Å². The molecule has 1 aliphatic carbocycles. The maximum atomic E-state index is 14.7. The number of rotatable bonds is 7. The van der Waals surface area contributed by atoms with Gasteiger partial charge in [0.2, 0.25) is 0 Å². The fourth-order valence-electron chi connectivity index (χ4n) is 4.31. The van der Waals surface area contributed by atoms with Crippen LogP contribution in [0.25, 0.3) is 11.1 Å². The maximum absolute atomic E-state index is 14.7. The summed E-state index contributed by atoms with van der Waals surface area (Å²) < 4.78 is 20.1. The molecule has 2 N–H and O–H groups in total. The van der Waals surface area contributed by atoms with Gasteiger partial charge in [0.05, 0.1) is 5.56 Å². The lowest BCUT2D eigenvalue weighted by Gasteiger charge is -2.25. The van der Waals surface area contributed by atoms with Crippen LogP contribution in [0.5, 0.6) is 0 Å². The van der Waals surface area contributed by atoms with E-state index in [9.17, 15) is 18.8 Å². The normalized spacial score (nSPS) is 12.1. The van der Waals surface area contributed by atoms with Crippen molar-refractivity contribution in [3.63, 3.8) is 0 Å². The largest absolute Gasteiger partial charge is 0.480 e. The highest BCUT2D eigenvalue weighted by atomic mass is 19.1. The minimum atomic E-state index is -1.19. The second-order valence-electron chi connectivity index (χ2n) is 8.57. The number of nitrogens with one attached hydrogen (secondary N) is 1. The molecule has 0 saturated heterocycles. The number of carbonyl (C=O) groups excluding carboxylic acids is 2. The summed E-state index contributed by atoms with van der Waals surface area (Å²) in [5.74, 6) is -2.92. The van der Waals surface area contributed by atoms with Gasteiger partial charge in [-0.15, -0.1) is 0 Å². The zero-order valence-corrected chi connectivity index (χ0v) is 19.3. The Morgan fingerprint density at radius 1 is 1.00 bits per heavy atom. The van der Waals surface area contributed by atoms with Gasteiger partial charge in [0.1, 0.15) is 19.0 Å². The van der Waals surface area contributed by atoms with Crippen LogP contribution in [0.2, 0.25) is 0 Å². The van der Waals surface area contributed by atoms with Crippen molar-refractivity contribution in [3.8, 4) is 11.1 Å². The topological polar surface area (TPSA) is 95.9 Å². The summed E-state index contributed by atoms with van der Waals surface area (Å²) in [6, 6.07) is 19.1. The van der Waals surface area contributed by atoms with E-state index in [0.717, 1.165) is 33.2 Å². The zero-order chi connectivity index (χ0) is 25.1. The van der Waals surface area contributed by atoms with Crippen LogP contribution in [0.15, 0.2) is 66.7 Å². The number of amides is 2. The first-order valence-corrected chi connectivity index (χ1v) is 11.2. The first-order valence-electron chi connectivity index (χ1n) is 11.2. The van der Waals surface area contributed by atoms with Crippen molar-refractivity contribution in [2.75, 3.05) is 18.5 Å². The average Bonchev–Trinajstić information content (AvgIpc) is 3.14. The van der Waals surface area contributed by atoms with Crippen LogP contribution < -0.4 is 5.32 Å². The van der Waals surface area contributed by atoms with Crippen molar-refractivity contribution in [3.05, 3.63) is 89.2 Å². The molecule has 3 aromatic rings. The third-order valence-corrected chi connectivity index (χ3v) is 5.98. The Balaban J connectivity index is 1.43. The number of carbonyl (C=O) groups is 3. The van der Waals surface area contributed by atoms with Crippen LogP contribution in [-0.2, 0) is 9.53 Å². The van der Waals surface area contributed by atoms with Crippen molar-refractivity contribution in [1.82, 2.24) is 4.90 Å². The fraction of sp³-hybridized carbons (Fsp3) is 0.222. The SMILES string of the molecule is CC(C)N(CC(=O)O)C(=O)c1ccc(NC(=O)OCC2c3ccccc3-c3ccccc32)cc1F. The van der Waals surface area contributed by atoms with Crippen LogP contribution in [-0.4, -0.2) is 47.2 Å². The summed E-state index contributed by atoms with van der Waals surface area (Å²) in [7, 11) is 0. The van der Waals surface area contributed by atoms with Crippen molar-refractivity contribution >= 4 is 23.7 Å². The predicted octanol–water partition coefficient (Wildman–Crippen LogP) is 5.12. The van der Waals surface area contributed by atoms with Gasteiger partial charge in [0.15, 0.2) is 0 Å².